The van der Waals surface area contributed by atoms with Gasteiger partial charge < -0.3 is 10.2 Å². The molecular weight excluding hydrogens is 200 g/mol. The maximum Gasteiger partial charge on any atom is 0.0724 e. The highest BCUT2D eigenvalue weighted by Crippen LogP contribution is 2.35. The fourth-order valence-electron chi connectivity index (χ4n) is 2.21. The Hall–Kier alpha value is -1.00. The van der Waals surface area contributed by atoms with Crippen LogP contribution in [0, 0.1) is 0 Å². The minimum Gasteiger partial charge on any atom is -0.309 e. The van der Waals surface area contributed by atoms with Crippen molar-refractivity contribution in [3.8, 4) is 0 Å². The van der Waals surface area contributed by atoms with E-state index < -0.39 is 0 Å². The summed E-state index contributed by atoms with van der Waals surface area (Å²) in [5, 5.41) is 3.48. The highest BCUT2D eigenvalue weighted by Gasteiger charge is 2.38. The summed E-state index contributed by atoms with van der Waals surface area (Å²) in [5.74, 6) is 0. The lowest BCUT2D eigenvalue weighted by molar-refractivity contribution is 0.0597. The highest BCUT2D eigenvalue weighted by molar-refractivity contribution is 4.99. The summed E-state index contributed by atoms with van der Waals surface area (Å²) in [4.78, 5) is 10.7. The first kappa shape index (κ1) is 11.5. The molecule has 1 aromatic rings. The average molecular weight is 220 g/mol. The third kappa shape index (κ3) is 2.39. The molecule has 0 atom stereocenters. The third-order valence-corrected chi connectivity index (χ3v) is 3.61. The SMILES string of the molecule is CN(C)C1(CNCc2cnccn2)CCC1. The van der Waals surface area contributed by atoms with Crippen molar-refractivity contribution in [3.05, 3.63) is 24.3 Å². The van der Waals surface area contributed by atoms with Crippen LogP contribution in [0.1, 0.15) is 25.0 Å². The van der Waals surface area contributed by atoms with Crippen LogP contribution in [-0.2, 0) is 6.54 Å². The van der Waals surface area contributed by atoms with E-state index in [0.717, 1.165) is 18.8 Å². The third-order valence-electron chi connectivity index (χ3n) is 3.61. The van der Waals surface area contributed by atoms with E-state index in [2.05, 4.69) is 34.3 Å². The van der Waals surface area contributed by atoms with E-state index >= 15 is 0 Å². The van der Waals surface area contributed by atoms with Crippen molar-refractivity contribution < 1.29 is 0 Å². The molecule has 0 radical (unpaired) electrons. The minimum absolute atomic E-state index is 0.377. The maximum absolute atomic E-state index is 4.25. The molecule has 1 aromatic heterocycles. The lowest BCUT2D eigenvalue weighted by Gasteiger charge is -2.47. The molecule has 1 heterocycles. The van der Waals surface area contributed by atoms with Gasteiger partial charge in [-0.2, -0.15) is 0 Å². The number of likely N-dealkylation sites (N-methyl/N-ethyl adjacent to an activating group) is 1. The first-order valence-electron chi connectivity index (χ1n) is 5.86. The Kier molecular flexibility index (Phi) is 3.51. The molecule has 0 saturated heterocycles. The molecule has 1 fully saturated rings. The van der Waals surface area contributed by atoms with Crippen molar-refractivity contribution in [2.24, 2.45) is 0 Å². The number of hydrogen-bond acceptors (Lipinski definition) is 4. The van der Waals surface area contributed by atoms with Crippen LogP contribution in [0.3, 0.4) is 0 Å². The van der Waals surface area contributed by atoms with Gasteiger partial charge >= 0.3 is 0 Å². The van der Waals surface area contributed by atoms with Gasteiger partial charge in [-0.1, -0.05) is 0 Å². The fourth-order valence-corrected chi connectivity index (χ4v) is 2.21. The Bertz CT molecular complexity index is 319. The molecule has 1 N–H and O–H groups in total. The van der Waals surface area contributed by atoms with Crippen LogP contribution in [0.15, 0.2) is 18.6 Å². The van der Waals surface area contributed by atoms with Crippen molar-refractivity contribution >= 4 is 0 Å². The van der Waals surface area contributed by atoms with Gasteiger partial charge in [0.1, 0.15) is 0 Å². The molecule has 0 bridgehead atoms. The van der Waals surface area contributed by atoms with Crippen LogP contribution >= 0.6 is 0 Å². The van der Waals surface area contributed by atoms with Gasteiger partial charge in [-0.15, -0.1) is 0 Å². The molecule has 0 aliphatic heterocycles. The van der Waals surface area contributed by atoms with Crippen LogP contribution in [-0.4, -0.2) is 41.0 Å². The second-order valence-electron chi connectivity index (χ2n) is 4.77. The van der Waals surface area contributed by atoms with E-state index in [0.29, 0.717) is 5.54 Å². The summed E-state index contributed by atoms with van der Waals surface area (Å²) in [6.45, 7) is 1.85. The number of rotatable bonds is 5. The highest BCUT2D eigenvalue weighted by atomic mass is 15.2. The summed E-state index contributed by atoms with van der Waals surface area (Å²) >= 11 is 0. The molecule has 0 spiro atoms. The molecule has 88 valence electrons. The Balaban J connectivity index is 1.79. The molecule has 0 aromatic carbocycles. The van der Waals surface area contributed by atoms with E-state index in [1.54, 1.807) is 12.4 Å². The van der Waals surface area contributed by atoms with Gasteiger partial charge in [0.25, 0.3) is 0 Å². The molecule has 2 rings (SSSR count). The fraction of sp³-hybridized carbons (Fsp3) is 0.667. The van der Waals surface area contributed by atoms with Crippen LogP contribution in [0.25, 0.3) is 0 Å². The molecule has 4 heteroatoms. The van der Waals surface area contributed by atoms with Crippen molar-refractivity contribution in [2.45, 2.75) is 31.3 Å². The van der Waals surface area contributed by atoms with Crippen molar-refractivity contribution in [1.29, 1.82) is 0 Å². The predicted octanol–water partition coefficient (Wildman–Crippen LogP) is 1.05. The zero-order chi connectivity index (χ0) is 11.4. The lowest BCUT2D eigenvalue weighted by Crippen LogP contribution is -2.56. The quantitative estimate of drug-likeness (QED) is 0.805. The van der Waals surface area contributed by atoms with Gasteiger partial charge in [-0.3, -0.25) is 9.97 Å². The summed E-state index contributed by atoms with van der Waals surface area (Å²) in [6, 6.07) is 0. The predicted molar refractivity (Wildman–Crippen MR) is 64.0 cm³/mol. The minimum atomic E-state index is 0.377. The first-order chi connectivity index (χ1) is 7.73. The van der Waals surface area contributed by atoms with Gasteiger partial charge in [0.15, 0.2) is 0 Å². The number of hydrogen-bond donors (Lipinski definition) is 1. The number of nitrogens with zero attached hydrogens (tertiary/aromatic N) is 3. The van der Waals surface area contributed by atoms with Gasteiger partial charge in [0.2, 0.25) is 0 Å². The second kappa shape index (κ2) is 4.89. The monoisotopic (exact) mass is 220 g/mol. The van der Waals surface area contributed by atoms with Crippen molar-refractivity contribution in [3.63, 3.8) is 0 Å². The van der Waals surface area contributed by atoms with Crippen LogP contribution in [0.4, 0.5) is 0 Å². The second-order valence-corrected chi connectivity index (χ2v) is 4.77. The molecule has 4 nitrogen and oxygen atoms in total. The van der Waals surface area contributed by atoms with Gasteiger partial charge in [-0.05, 0) is 33.4 Å². The van der Waals surface area contributed by atoms with Crippen molar-refractivity contribution in [2.75, 3.05) is 20.6 Å². The molecule has 1 aliphatic carbocycles. The summed E-state index contributed by atoms with van der Waals surface area (Å²) in [5.41, 5.74) is 1.39. The van der Waals surface area contributed by atoms with E-state index in [9.17, 15) is 0 Å². The number of nitrogens with one attached hydrogen (secondary N) is 1. The van der Waals surface area contributed by atoms with Gasteiger partial charge in [0, 0.05) is 37.2 Å². The summed E-state index contributed by atoms with van der Waals surface area (Å²) in [7, 11) is 4.34. The first-order valence-corrected chi connectivity index (χ1v) is 5.86. The zero-order valence-corrected chi connectivity index (χ0v) is 10.1. The molecule has 16 heavy (non-hydrogen) atoms. The lowest BCUT2D eigenvalue weighted by atomic mass is 9.75. The van der Waals surface area contributed by atoms with E-state index in [1.165, 1.54) is 19.3 Å². The summed E-state index contributed by atoms with van der Waals surface area (Å²) in [6.07, 6.45) is 9.21. The van der Waals surface area contributed by atoms with E-state index in [-0.39, 0.29) is 0 Å². The van der Waals surface area contributed by atoms with Crippen LogP contribution in [0.5, 0.6) is 0 Å². The van der Waals surface area contributed by atoms with Crippen LogP contribution in [0.2, 0.25) is 0 Å². The number of aromatic nitrogens is 2. The van der Waals surface area contributed by atoms with E-state index in [1.807, 2.05) is 6.20 Å². The normalized spacial score (nSPS) is 18.4. The van der Waals surface area contributed by atoms with Crippen molar-refractivity contribution in [1.82, 2.24) is 20.2 Å². The molecule has 1 aliphatic rings. The van der Waals surface area contributed by atoms with Crippen LogP contribution < -0.4 is 5.32 Å². The molecule has 0 unspecified atom stereocenters. The summed E-state index contributed by atoms with van der Waals surface area (Å²) < 4.78 is 0. The largest absolute Gasteiger partial charge is 0.309 e. The van der Waals surface area contributed by atoms with Gasteiger partial charge in [0.05, 0.1) is 5.69 Å². The molecule has 1 saturated carbocycles. The smallest absolute Gasteiger partial charge is 0.0724 e. The maximum atomic E-state index is 4.25. The standard InChI is InChI=1S/C12H20N4/c1-16(2)12(4-3-5-12)10-14-9-11-8-13-6-7-15-11/h6-8,14H,3-5,9-10H2,1-2H3. The topological polar surface area (TPSA) is 41.0 Å². The Morgan fingerprint density at radius 3 is 2.69 bits per heavy atom. The van der Waals surface area contributed by atoms with Gasteiger partial charge in [-0.25, -0.2) is 0 Å². The molecular formula is C12H20N4. The Labute approximate surface area is 97.1 Å². The Morgan fingerprint density at radius 1 is 1.38 bits per heavy atom. The molecule has 0 amide bonds. The Morgan fingerprint density at radius 2 is 2.19 bits per heavy atom. The zero-order valence-electron chi connectivity index (χ0n) is 10.1. The van der Waals surface area contributed by atoms with E-state index in [4.69, 9.17) is 0 Å². The average Bonchev–Trinajstić information content (AvgIpc) is 2.23.